The molecule has 0 fully saturated rings. The first-order valence-electron chi connectivity index (χ1n) is 6.43. The van der Waals surface area contributed by atoms with Crippen molar-refractivity contribution in [2.75, 3.05) is 7.11 Å². The van der Waals surface area contributed by atoms with E-state index in [1.54, 1.807) is 7.11 Å². The first kappa shape index (κ1) is 14.5. The molecule has 1 aromatic carbocycles. The number of methoxy groups -OCH3 is 1. The molecule has 1 atom stereocenters. The van der Waals surface area contributed by atoms with Gasteiger partial charge in [0.2, 0.25) is 0 Å². The first-order valence-corrected chi connectivity index (χ1v) is 7.20. The highest BCUT2D eigenvalue weighted by molar-refractivity contribution is 7.08. The molecule has 0 aliphatic carbocycles. The van der Waals surface area contributed by atoms with Gasteiger partial charge in [0.25, 0.3) is 5.91 Å². The average Bonchev–Trinajstić information content (AvgIpc) is 2.96. The van der Waals surface area contributed by atoms with E-state index in [1.807, 2.05) is 38.1 Å². The Labute approximate surface area is 122 Å². The van der Waals surface area contributed by atoms with Gasteiger partial charge in [-0.3, -0.25) is 4.79 Å². The van der Waals surface area contributed by atoms with Gasteiger partial charge in [-0.1, -0.05) is 11.4 Å². The van der Waals surface area contributed by atoms with Crippen LogP contribution in [0.1, 0.15) is 29.9 Å². The van der Waals surface area contributed by atoms with Crippen LogP contribution in [0.25, 0.3) is 11.3 Å². The fourth-order valence-electron chi connectivity index (χ4n) is 1.67. The number of nitrogens with one attached hydrogen (secondary N) is 1. The van der Waals surface area contributed by atoms with Crippen LogP contribution in [-0.4, -0.2) is 28.6 Å². The highest BCUT2D eigenvalue weighted by atomic mass is 32.1. The summed E-state index contributed by atoms with van der Waals surface area (Å²) in [6.45, 7) is 4.00. The molecule has 0 unspecified atom stereocenters. The highest BCUT2D eigenvalue weighted by Crippen LogP contribution is 2.25. The van der Waals surface area contributed by atoms with Gasteiger partial charge in [-0.2, -0.15) is 0 Å². The Balaban J connectivity index is 2.25. The number of benzene rings is 1. The fourth-order valence-corrected chi connectivity index (χ4v) is 2.26. The Hall–Kier alpha value is -1.95. The number of hydrogen-bond donors (Lipinski definition) is 1. The number of carbonyl (C=O) groups excluding carboxylic acids is 1. The zero-order chi connectivity index (χ0) is 14.5. The van der Waals surface area contributed by atoms with Gasteiger partial charge < -0.3 is 10.1 Å². The third kappa shape index (κ3) is 3.14. The molecule has 5 nitrogen and oxygen atoms in total. The maximum Gasteiger partial charge on any atom is 0.265 e. The Bertz CT molecular complexity index is 580. The molecule has 0 saturated heterocycles. The minimum Gasteiger partial charge on any atom is -0.497 e. The summed E-state index contributed by atoms with van der Waals surface area (Å²) in [5, 5.41) is 6.99. The molecule has 20 heavy (non-hydrogen) atoms. The molecule has 1 heterocycles. The summed E-state index contributed by atoms with van der Waals surface area (Å²) in [4.78, 5) is 12.7. The number of amides is 1. The van der Waals surface area contributed by atoms with E-state index in [4.69, 9.17) is 4.74 Å². The van der Waals surface area contributed by atoms with E-state index < -0.39 is 0 Å². The number of hydrogen-bond acceptors (Lipinski definition) is 5. The Morgan fingerprint density at radius 3 is 2.70 bits per heavy atom. The van der Waals surface area contributed by atoms with Crippen molar-refractivity contribution in [1.29, 1.82) is 0 Å². The lowest BCUT2D eigenvalue weighted by Gasteiger charge is -2.10. The van der Waals surface area contributed by atoms with Crippen LogP contribution in [0.2, 0.25) is 0 Å². The average molecular weight is 291 g/mol. The van der Waals surface area contributed by atoms with E-state index in [2.05, 4.69) is 14.9 Å². The number of aromatic nitrogens is 2. The van der Waals surface area contributed by atoms with Crippen molar-refractivity contribution in [3.63, 3.8) is 0 Å². The molecule has 2 aromatic rings. The number of ether oxygens (including phenoxy) is 1. The van der Waals surface area contributed by atoms with E-state index in [0.29, 0.717) is 10.6 Å². The molecular formula is C14H17N3O2S. The van der Waals surface area contributed by atoms with Crippen LogP contribution in [0, 0.1) is 0 Å². The van der Waals surface area contributed by atoms with Crippen molar-refractivity contribution in [3.8, 4) is 17.0 Å². The quantitative estimate of drug-likeness (QED) is 0.920. The monoisotopic (exact) mass is 291 g/mol. The summed E-state index contributed by atoms with van der Waals surface area (Å²) in [5.74, 6) is 0.641. The third-order valence-corrected chi connectivity index (χ3v) is 3.77. The molecule has 0 radical (unpaired) electrons. The van der Waals surface area contributed by atoms with Crippen molar-refractivity contribution < 1.29 is 9.53 Å². The molecule has 0 bridgehead atoms. The second-order valence-corrected chi connectivity index (χ2v) is 5.22. The second kappa shape index (κ2) is 6.47. The van der Waals surface area contributed by atoms with Gasteiger partial charge in [0, 0.05) is 11.6 Å². The molecule has 0 aliphatic rings. The zero-order valence-electron chi connectivity index (χ0n) is 11.7. The summed E-state index contributed by atoms with van der Waals surface area (Å²) in [7, 11) is 1.62. The SMILES string of the molecule is CC[C@@H](C)NC(=O)c1snnc1-c1ccc(OC)cc1. The van der Waals surface area contributed by atoms with E-state index in [0.717, 1.165) is 29.3 Å². The van der Waals surface area contributed by atoms with Crippen LogP contribution < -0.4 is 10.1 Å². The molecule has 0 spiro atoms. The van der Waals surface area contributed by atoms with Crippen molar-refractivity contribution in [1.82, 2.24) is 14.9 Å². The van der Waals surface area contributed by atoms with E-state index in [1.165, 1.54) is 0 Å². The zero-order valence-corrected chi connectivity index (χ0v) is 12.5. The maximum atomic E-state index is 12.2. The Kier molecular flexibility index (Phi) is 4.68. The van der Waals surface area contributed by atoms with Gasteiger partial charge in [0.15, 0.2) is 0 Å². The fraction of sp³-hybridized carbons (Fsp3) is 0.357. The summed E-state index contributed by atoms with van der Waals surface area (Å²) in [6.07, 6.45) is 0.885. The number of rotatable bonds is 5. The summed E-state index contributed by atoms with van der Waals surface area (Å²) in [6, 6.07) is 7.55. The Morgan fingerprint density at radius 2 is 2.10 bits per heavy atom. The predicted octanol–water partition coefficient (Wildman–Crippen LogP) is 2.74. The van der Waals surface area contributed by atoms with Crippen LogP contribution in [0.4, 0.5) is 0 Å². The molecule has 1 aromatic heterocycles. The normalized spacial score (nSPS) is 11.9. The first-order chi connectivity index (χ1) is 9.65. The van der Waals surface area contributed by atoms with Crippen LogP contribution in [0.15, 0.2) is 24.3 Å². The molecule has 2 rings (SSSR count). The number of nitrogens with zero attached hydrogens (tertiary/aromatic N) is 2. The summed E-state index contributed by atoms with van der Waals surface area (Å²) >= 11 is 1.11. The van der Waals surface area contributed by atoms with Crippen molar-refractivity contribution in [2.24, 2.45) is 0 Å². The van der Waals surface area contributed by atoms with Gasteiger partial charge >= 0.3 is 0 Å². The van der Waals surface area contributed by atoms with Crippen LogP contribution in [-0.2, 0) is 0 Å². The predicted molar refractivity (Wildman–Crippen MR) is 79.1 cm³/mol. The van der Waals surface area contributed by atoms with E-state index >= 15 is 0 Å². The van der Waals surface area contributed by atoms with Crippen LogP contribution in [0.5, 0.6) is 5.75 Å². The van der Waals surface area contributed by atoms with E-state index in [-0.39, 0.29) is 11.9 Å². The van der Waals surface area contributed by atoms with Gasteiger partial charge in [-0.05, 0) is 49.1 Å². The number of carbonyl (C=O) groups is 1. The van der Waals surface area contributed by atoms with Crippen molar-refractivity contribution in [3.05, 3.63) is 29.1 Å². The highest BCUT2D eigenvalue weighted by Gasteiger charge is 2.18. The molecule has 0 aliphatic heterocycles. The molecule has 0 saturated carbocycles. The molecule has 106 valence electrons. The lowest BCUT2D eigenvalue weighted by Crippen LogP contribution is -2.31. The van der Waals surface area contributed by atoms with E-state index in [9.17, 15) is 4.79 Å². The molecule has 1 N–H and O–H groups in total. The van der Waals surface area contributed by atoms with Gasteiger partial charge in [-0.25, -0.2) is 0 Å². The minimum absolute atomic E-state index is 0.125. The van der Waals surface area contributed by atoms with Crippen molar-refractivity contribution in [2.45, 2.75) is 26.3 Å². The maximum absolute atomic E-state index is 12.2. The topological polar surface area (TPSA) is 64.1 Å². The van der Waals surface area contributed by atoms with Crippen LogP contribution >= 0.6 is 11.5 Å². The lowest BCUT2D eigenvalue weighted by atomic mass is 10.1. The molecular weight excluding hydrogens is 274 g/mol. The van der Waals surface area contributed by atoms with Crippen LogP contribution in [0.3, 0.4) is 0 Å². The Morgan fingerprint density at radius 1 is 1.40 bits per heavy atom. The molecule has 6 heteroatoms. The van der Waals surface area contributed by atoms with Crippen molar-refractivity contribution >= 4 is 17.4 Å². The second-order valence-electron chi connectivity index (χ2n) is 4.46. The lowest BCUT2D eigenvalue weighted by molar-refractivity contribution is 0.0944. The smallest absolute Gasteiger partial charge is 0.265 e. The van der Waals surface area contributed by atoms with Gasteiger partial charge in [0.05, 0.1) is 7.11 Å². The minimum atomic E-state index is -0.125. The summed E-state index contributed by atoms with van der Waals surface area (Å²) in [5.41, 5.74) is 1.47. The molecule has 1 amide bonds. The standard InChI is InChI=1S/C14H17N3O2S/c1-4-9(2)15-14(18)13-12(16-17-20-13)10-5-7-11(19-3)8-6-10/h5-9H,4H2,1-3H3,(H,15,18)/t9-/m1/s1. The summed E-state index contributed by atoms with van der Waals surface area (Å²) < 4.78 is 9.01. The largest absolute Gasteiger partial charge is 0.497 e. The third-order valence-electron chi connectivity index (χ3n) is 3.05. The van der Waals surface area contributed by atoms with Gasteiger partial charge in [-0.15, -0.1) is 5.10 Å². The van der Waals surface area contributed by atoms with Gasteiger partial charge in [0.1, 0.15) is 16.3 Å².